The minimum Gasteiger partial charge on any atom is -0.491 e. The molecule has 0 fully saturated rings. The van der Waals surface area contributed by atoms with E-state index in [0.29, 0.717) is 12.2 Å². The minimum absolute atomic E-state index is 0.264. The summed E-state index contributed by atoms with van der Waals surface area (Å²) in [5, 5.41) is 18.8. The first-order valence-electron chi connectivity index (χ1n) is 5.23. The lowest BCUT2D eigenvalue weighted by Gasteiger charge is -2.15. The third-order valence-electron chi connectivity index (χ3n) is 2.27. The highest BCUT2D eigenvalue weighted by atomic mass is 16.5. The molecular weight excluding hydrogens is 192 g/mol. The number of para-hydroxylation sites is 1. The van der Waals surface area contributed by atoms with Crippen LogP contribution in [0.5, 0.6) is 5.75 Å². The van der Waals surface area contributed by atoms with Crippen molar-refractivity contribution in [1.82, 2.24) is 0 Å². The Morgan fingerprint density at radius 3 is 2.53 bits per heavy atom. The smallest absolute Gasteiger partial charge is 0.125 e. The molecule has 84 valence electrons. The van der Waals surface area contributed by atoms with Crippen molar-refractivity contribution in [2.45, 2.75) is 32.5 Å². The van der Waals surface area contributed by atoms with Gasteiger partial charge >= 0.3 is 0 Å². The van der Waals surface area contributed by atoms with Gasteiger partial charge in [0.2, 0.25) is 0 Å². The molecule has 2 N–H and O–H groups in total. The van der Waals surface area contributed by atoms with Gasteiger partial charge in [-0.1, -0.05) is 25.1 Å². The van der Waals surface area contributed by atoms with Crippen LogP contribution in [0, 0.1) is 0 Å². The molecule has 1 unspecified atom stereocenters. The molecule has 0 amide bonds. The Bertz CT molecular complexity index is 297. The first-order valence-corrected chi connectivity index (χ1v) is 5.23. The molecule has 0 heterocycles. The van der Waals surface area contributed by atoms with Crippen LogP contribution in [0.1, 0.15) is 31.9 Å². The van der Waals surface area contributed by atoms with E-state index in [0.717, 1.165) is 5.56 Å². The fourth-order valence-electron chi connectivity index (χ4n) is 1.26. The number of aliphatic hydroxyl groups is 2. The summed E-state index contributed by atoms with van der Waals surface area (Å²) in [4.78, 5) is 0. The molecule has 0 aliphatic heterocycles. The van der Waals surface area contributed by atoms with Crippen molar-refractivity contribution >= 4 is 0 Å². The standard InChI is InChI=1S/C12H18O3/c1-3-10(14)8-15-12-7-5-4-6-11(12)9(2)13/h4-7,9-10,13-14H,3,8H2,1-2H3/t9-,10?/m1/s1. The van der Waals surface area contributed by atoms with Crippen LogP contribution in [0.15, 0.2) is 24.3 Å². The molecule has 0 spiro atoms. The highest BCUT2D eigenvalue weighted by Crippen LogP contribution is 2.24. The van der Waals surface area contributed by atoms with Crippen molar-refractivity contribution < 1.29 is 14.9 Å². The van der Waals surface area contributed by atoms with E-state index < -0.39 is 12.2 Å². The zero-order valence-corrected chi connectivity index (χ0v) is 9.18. The second kappa shape index (κ2) is 5.73. The molecule has 1 aromatic rings. The Morgan fingerprint density at radius 2 is 1.93 bits per heavy atom. The van der Waals surface area contributed by atoms with Crippen LogP contribution in [-0.4, -0.2) is 22.9 Å². The number of benzene rings is 1. The van der Waals surface area contributed by atoms with Crippen molar-refractivity contribution in [3.8, 4) is 5.75 Å². The maximum Gasteiger partial charge on any atom is 0.125 e. The number of rotatable bonds is 5. The Labute approximate surface area is 90.3 Å². The average molecular weight is 210 g/mol. The van der Waals surface area contributed by atoms with Crippen LogP contribution in [0.3, 0.4) is 0 Å². The lowest BCUT2D eigenvalue weighted by molar-refractivity contribution is 0.101. The van der Waals surface area contributed by atoms with Crippen LogP contribution in [0.2, 0.25) is 0 Å². The highest BCUT2D eigenvalue weighted by molar-refractivity contribution is 5.34. The fraction of sp³-hybridized carbons (Fsp3) is 0.500. The van der Waals surface area contributed by atoms with E-state index in [1.165, 1.54) is 0 Å². The minimum atomic E-state index is -0.556. The van der Waals surface area contributed by atoms with Gasteiger partial charge in [0, 0.05) is 5.56 Å². The average Bonchev–Trinajstić information content (AvgIpc) is 2.26. The third kappa shape index (κ3) is 3.53. The van der Waals surface area contributed by atoms with Crippen molar-refractivity contribution in [3.63, 3.8) is 0 Å². The van der Waals surface area contributed by atoms with E-state index in [2.05, 4.69) is 0 Å². The normalized spacial score (nSPS) is 14.7. The first-order chi connectivity index (χ1) is 7.15. The van der Waals surface area contributed by atoms with Crippen LogP contribution >= 0.6 is 0 Å². The number of hydrogen-bond donors (Lipinski definition) is 2. The molecule has 0 bridgehead atoms. The van der Waals surface area contributed by atoms with Crippen LogP contribution in [-0.2, 0) is 0 Å². The third-order valence-corrected chi connectivity index (χ3v) is 2.27. The van der Waals surface area contributed by atoms with Crippen molar-refractivity contribution in [1.29, 1.82) is 0 Å². The predicted molar refractivity (Wildman–Crippen MR) is 58.9 cm³/mol. The molecule has 3 heteroatoms. The molecular formula is C12H18O3. The molecule has 1 rings (SSSR count). The van der Waals surface area contributed by atoms with Gasteiger partial charge in [0.05, 0.1) is 12.2 Å². The molecule has 1 aromatic carbocycles. The second-order valence-corrected chi connectivity index (χ2v) is 3.59. The van der Waals surface area contributed by atoms with Crippen molar-refractivity contribution in [3.05, 3.63) is 29.8 Å². The van der Waals surface area contributed by atoms with Gasteiger partial charge in [0.1, 0.15) is 12.4 Å². The molecule has 3 nitrogen and oxygen atoms in total. The summed E-state index contributed by atoms with van der Waals surface area (Å²) in [6.07, 6.45) is -0.344. The van der Waals surface area contributed by atoms with Gasteiger partial charge in [0.15, 0.2) is 0 Å². The number of aliphatic hydroxyl groups excluding tert-OH is 2. The van der Waals surface area contributed by atoms with Crippen LogP contribution < -0.4 is 4.74 Å². The Morgan fingerprint density at radius 1 is 1.27 bits per heavy atom. The lowest BCUT2D eigenvalue weighted by Crippen LogP contribution is -2.16. The summed E-state index contributed by atoms with van der Waals surface area (Å²) in [6, 6.07) is 7.31. The predicted octanol–water partition coefficient (Wildman–Crippen LogP) is 1.89. The summed E-state index contributed by atoms with van der Waals surface area (Å²) in [7, 11) is 0. The largest absolute Gasteiger partial charge is 0.491 e. The van der Waals surface area contributed by atoms with E-state index in [4.69, 9.17) is 4.74 Å². The van der Waals surface area contributed by atoms with Crippen LogP contribution in [0.25, 0.3) is 0 Å². The molecule has 2 atom stereocenters. The van der Waals surface area contributed by atoms with Crippen molar-refractivity contribution in [2.75, 3.05) is 6.61 Å². The summed E-state index contributed by atoms with van der Waals surface area (Å²) >= 11 is 0. The van der Waals surface area contributed by atoms with E-state index in [-0.39, 0.29) is 6.61 Å². The zero-order chi connectivity index (χ0) is 11.3. The molecule has 0 saturated carbocycles. The molecule has 0 radical (unpaired) electrons. The second-order valence-electron chi connectivity index (χ2n) is 3.59. The van der Waals surface area contributed by atoms with E-state index >= 15 is 0 Å². The maximum absolute atomic E-state index is 9.48. The highest BCUT2D eigenvalue weighted by Gasteiger charge is 2.09. The number of ether oxygens (including phenoxy) is 1. The Kier molecular flexibility index (Phi) is 4.59. The first kappa shape index (κ1) is 12.0. The summed E-state index contributed by atoms with van der Waals surface area (Å²) in [6.45, 7) is 3.85. The van der Waals surface area contributed by atoms with Gasteiger partial charge in [-0.05, 0) is 19.4 Å². The van der Waals surface area contributed by atoms with Crippen molar-refractivity contribution in [2.24, 2.45) is 0 Å². The summed E-state index contributed by atoms with van der Waals surface area (Å²) < 4.78 is 5.44. The SMILES string of the molecule is CCC(O)COc1ccccc1[C@@H](C)O. The Hall–Kier alpha value is -1.06. The topological polar surface area (TPSA) is 49.7 Å². The summed E-state index contributed by atoms with van der Waals surface area (Å²) in [5.41, 5.74) is 0.751. The maximum atomic E-state index is 9.48. The van der Waals surface area contributed by atoms with E-state index in [1.807, 2.05) is 25.1 Å². The Balaban J connectivity index is 2.67. The monoisotopic (exact) mass is 210 g/mol. The lowest BCUT2D eigenvalue weighted by atomic mass is 10.1. The molecule has 0 saturated heterocycles. The number of hydrogen-bond acceptors (Lipinski definition) is 3. The summed E-state index contributed by atoms with van der Waals surface area (Å²) in [5.74, 6) is 0.639. The molecule has 15 heavy (non-hydrogen) atoms. The zero-order valence-electron chi connectivity index (χ0n) is 9.18. The molecule has 0 aliphatic rings. The van der Waals surface area contributed by atoms with Gasteiger partial charge < -0.3 is 14.9 Å². The molecule has 0 aromatic heterocycles. The fourth-order valence-corrected chi connectivity index (χ4v) is 1.26. The van der Waals surface area contributed by atoms with Gasteiger partial charge in [-0.25, -0.2) is 0 Å². The van der Waals surface area contributed by atoms with Gasteiger partial charge in [-0.2, -0.15) is 0 Å². The molecule has 0 aliphatic carbocycles. The van der Waals surface area contributed by atoms with E-state index in [9.17, 15) is 10.2 Å². The quantitative estimate of drug-likeness (QED) is 0.780. The van der Waals surface area contributed by atoms with Gasteiger partial charge in [0.25, 0.3) is 0 Å². The van der Waals surface area contributed by atoms with Gasteiger partial charge in [-0.3, -0.25) is 0 Å². The van der Waals surface area contributed by atoms with Gasteiger partial charge in [-0.15, -0.1) is 0 Å². The van der Waals surface area contributed by atoms with E-state index in [1.54, 1.807) is 13.0 Å². The van der Waals surface area contributed by atoms with Crippen LogP contribution in [0.4, 0.5) is 0 Å².